The van der Waals surface area contributed by atoms with Gasteiger partial charge < -0.3 is 0 Å². The van der Waals surface area contributed by atoms with E-state index in [1.807, 2.05) is 0 Å². The predicted octanol–water partition coefficient (Wildman–Crippen LogP) is 0.341. The molecular formula is C6H5N5O2. The van der Waals surface area contributed by atoms with Crippen molar-refractivity contribution in [3.8, 4) is 0 Å². The molecule has 0 unspecified atom stereocenters. The molecule has 0 atom stereocenters. The Morgan fingerprint density at radius 1 is 1.62 bits per heavy atom. The molecule has 7 heteroatoms. The fourth-order valence-electron chi connectivity index (χ4n) is 1.09. The maximum atomic E-state index is 10.6. The van der Waals surface area contributed by atoms with Gasteiger partial charge in [0.15, 0.2) is 0 Å². The lowest BCUT2D eigenvalue weighted by Gasteiger charge is -1.94. The first-order valence-corrected chi connectivity index (χ1v) is 3.51. The van der Waals surface area contributed by atoms with E-state index in [2.05, 4.69) is 15.5 Å². The molecule has 0 spiro atoms. The molecule has 2 aromatic heterocycles. The zero-order valence-corrected chi connectivity index (χ0v) is 6.71. The molecule has 0 bridgehead atoms. The standard InChI is InChI=1S/C6H5N5O2/c1-4-2-5(11(12)13)6-7-8-9-10(6)3-4/h2-3H,1H3. The number of aryl methyl sites for hydroxylation is 1. The summed E-state index contributed by atoms with van der Waals surface area (Å²) in [5.41, 5.74) is 0.826. The van der Waals surface area contributed by atoms with Crippen molar-refractivity contribution in [1.29, 1.82) is 0 Å². The van der Waals surface area contributed by atoms with Crippen LogP contribution in [0.3, 0.4) is 0 Å². The first kappa shape index (κ1) is 7.59. The Balaban J connectivity index is 2.84. The van der Waals surface area contributed by atoms with E-state index in [0.717, 1.165) is 5.56 Å². The summed E-state index contributed by atoms with van der Waals surface area (Å²) < 4.78 is 1.29. The number of nitrogens with zero attached hydrogens (tertiary/aromatic N) is 5. The van der Waals surface area contributed by atoms with Crippen LogP contribution in [0.2, 0.25) is 0 Å². The molecule has 0 aromatic carbocycles. The SMILES string of the molecule is Cc1cc([N+](=O)[O-])c2nnnn2c1. The Morgan fingerprint density at radius 2 is 2.38 bits per heavy atom. The molecule has 0 fully saturated rings. The molecule has 0 aliphatic rings. The van der Waals surface area contributed by atoms with Crippen molar-refractivity contribution in [3.05, 3.63) is 27.9 Å². The van der Waals surface area contributed by atoms with Gasteiger partial charge in [-0.15, -0.1) is 5.10 Å². The zero-order chi connectivity index (χ0) is 9.42. The van der Waals surface area contributed by atoms with Crippen molar-refractivity contribution in [2.75, 3.05) is 0 Å². The van der Waals surface area contributed by atoms with Gasteiger partial charge in [0.05, 0.1) is 4.92 Å². The largest absolute Gasteiger partial charge is 0.316 e. The van der Waals surface area contributed by atoms with Crippen LogP contribution in [0.25, 0.3) is 5.65 Å². The summed E-state index contributed by atoms with van der Waals surface area (Å²) >= 11 is 0. The molecule has 7 nitrogen and oxygen atoms in total. The highest BCUT2D eigenvalue weighted by Gasteiger charge is 2.15. The van der Waals surface area contributed by atoms with E-state index < -0.39 is 4.92 Å². The van der Waals surface area contributed by atoms with Crippen LogP contribution in [0.15, 0.2) is 12.3 Å². The minimum absolute atomic E-state index is 0.0787. The van der Waals surface area contributed by atoms with Crippen LogP contribution in [-0.2, 0) is 0 Å². The Morgan fingerprint density at radius 3 is 3.08 bits per heavy atom. The molecule has 13 heavy (non-hydrogen) atoms. The maximum absolute atomic E-state index is 10.6. The Labute approximate surface area is 72.1 Å². The van der Waals surface area contributed by atoms with Crippen LogP contribution in [0, 0.1) is 17.0 Å². The van der Waals surface area contributed by atoms with E-state index in [1.165, 1.54) is 10.6 Å². The predicted molar refractivity (Wildman–Crippen MR) is 42.2 cm³/mol. The van der Waals surface area contributed by atoms with Crippen molar-refractivity contribution in [3.63, 3.8) is 0 Å². The molecule has 0 saturated carbocycles. The molecule has 0 radical (unpaired) electrons. The molecule has 0 aliphatic carbocycles. The first-order valence-electron chi connectivity index (χ1n) is 3.51. The topological polar surface area (TPSA) is 86.2 Å². The van der Waals surface area contributed by atoms with Crippen LogP contribution < -0.4 is 0 Å². The monoisotopic (exact) mass is 179 g/mol. The Bertz CT molecular complexity index is 477. The minimum atomic E-state index is -0.501. The average Bonchev–Trinajstić information content (AvgIpc) is 2.49. The number of pyridine rings is 1. The van der Waals surface area contributed by atoms with Gasteiger partial charge in [-0.25, -0.2) is 0 Å². The molecular weight excluding hydrogens is 174 g/mol. The molecule has 0 aliphatic heterocycles. The summed E-state index contributed by atoms with van der Waals surface area (Å²) in [7, 11) is 0. The number of aromatic nitrogens is 4. The van der Waals surface area contributed by atoms with E-state index in [-0.39, 0.29) is 11.3 Å². The lowest BCUT2D eigenvalue weighted by Crippen LogP contribution is -1.96. The summed E-state index contributed by atoms with van der Waals surface area (Å²) in [4.78, 5) is 10.1. The summed E-state index contributed by atoms with van der Waals surface area (Å²) in [5.74, 6) is 0. The van der Waals surface area contributed by atoms with Crippen LogP contribution in [0.5, 0.6) is 0 Å². The Kier molecular flexibility index (Phi) is 1.44. The fourth-order valence-corrected chi connectivity index (χ4v) is 1.09. The van der Waals surface area contributed by atoms with Gasteiger partial charge >= 0.3 is 5.69 Å². The highest BCUT2D eigenvalue weighted by Crippen LogP contribution is 2.17. The fraction of sp³-hybridized carbons (Fsp3) is 0.167. The highest BCUT2D eigenvalue weighted by atomic mass is 16.6. The molecule has 66 valence electrons. The molecule has 0 N–H and O–H groups in total. The van der Waals surface area contributed by atoms with Crippen LogP contribution in [0.1, 0.15) is 5.56 Å². The van der Waals surface area contributed by atoms with Gasteiger partial charge in [-0.05, 0) is 22.9 Å². The zero-order valence-electron chi connectivity index (χ0n) is 6.71. The average molecular weight is 179 g/mol. The number of rotatable bonds is 1. The highest BCUT2D eigenvalue weighted by molar-refractivity contribution is 5.58. The van der Waals surface area contributed by atoms with Gasteiger partial charge in [0, 0.05) is 12.3 Å². The van der Waals surface area contributed by atoms with Crippen LogP contribution >= 0.6 is 0 Å². The molecule has 0 saturated heterocycles. The van der Waals surface area contributed by atoms with E-state index in [0.29, 0.717) is 0 Å². The van der Waals surface area contributed by atoms with Gasteiger partial charge in [0.25, 0.3) is 5.65 Å². The second kappa shape index (κ2) is 2.47. The van der Waals surface area contributed by atoms with Gasteiger partial charge in [-0.3, -0.25) is 10.1 Å². The van der Waals surface area contributed by atoms with E-state index in [4.69, 9.17) is 0 Å². The third-order valence-corrected chi connectivity index (χ3v) is 1.61. The quantitative estimate of drug-likeness (QED) is 0.465. The number of hydrogen-bond acceptors (Lipinski definition) is 5. The van der Waals surface area contributed by atoms with E-state index >= 15 is 0 Å². The number of hydrogen-bond donors (Lipinski definition) is 0. The summed E-state index contributed by atoms with van der Waals surface area (Å²) in [6.07, 6.45) is 1.63. The van der Waals surface area contributed by atoms with Crippen LogP contribution in [-0.4, -0.2) is 25.0 Å². The van der Waals surface area contributed by atoms with Crippen molar-refractivity contribution in [2.45, 2.75) is 6.92 Å². The van der Waals surface area contributed by atoms with Gasteiger partial charge in [-0.2, -0.15) is 4.52 Å². The maximum Gasteiger partial charge on any atom is 0.316 e. The minimum Gasteiger partial charge on any atom is -0.258 e. The van der Waals surface area contributed by atoms with Gasteiger partial charge in [0.1, 0.15) is 0 Å². The molecule has 0 amide bonds. The number of fused-ring (bicyclic) bond motifs is 1. The number of nitro groups is 1. The number of tetrazole rings is 1. The molecule has 2 heterocycles. The van der Waals surface area contributed by atoms with Crippen molar-refractivity contribution < 1.29 is 4.92 Å². The summed E-state index contributed by atoms with van der Waals surface area (Å²) in [6, 6.07) is 1.44. The normalized spacial score (nSPS) is 10.5. The second-order valence-electron chi connectivity index (χ2n) is 2.61. The van der Waals surface area contributed by atoms with Crippen LogP contribution in [0.4, 0.5) is 5.69 Å². The van der Waals surface area contributed by atoms with Crippen molar-refractivity contribution in [2.24, 2.45) is 0 Å². The van der Waals surface area contributed by atoms with Gasteiger partial charge in [-0.1, -0.05) is 0 Å². The van der Waals surface area contributed by atoms with Crippen molar-refractivity contribution in [1.82, 2.24) is 20.0 Å². The van der Waals surface area contributed by atoms with E-state index in [1.54, 1.807) is 13.1 Å². The third-order valence-electron chi connectivity index (χ3n) is 1.61. The van der Waals surface area contributed by atoms with E-state index in [9.17, 15) is 10.1 Å². The van der Waals surface area contributed by atoms with Crippen molar-refractivity contribution >= 4 is 11.3 Å². The molecule has 2 rings (SSSR count). The van der Waals surface area contributed by atoms with Gasteiger partial charge in [0.2, 0.25) is 0 Å². The lowest BCUT2D eigenvalue weighted by molar-refractivity contribution is -0.383. The lowest BCUT2D eigenvalue weighted by atomic mass is 10.3. The Hall–Kier alpha value is -2.05. The third kappa shape index (κ3) is 1.10. The second-order valence-corrected chi connectivity index (χ2v) is 2.61. The smallest absolute Gasteiger partial charge is 0.258 e. The summed E-state index contributed by atoms with van der Waals surface area (Å²) in [6.45, 7) is 1.74. The summed E-state index contributed by atoms with van der Waals surface area (Å²) in [5, 5.41) is 21.0. The first-order chi connectivity index (χ1) is 6.18. The molecule has 2 aromatic rings.